The van der Waals surface area contributed by atoms with E-state index in [1.807, 2.05) is 0 Å². The summed E-state index contributed by atoms with van der Waals surface area (Å²) < 4.78 is 5.38. The second kappa shape index (κ2) is 11.3. The molecule has 0 amide bonds. The molecule has 1 heterocycles. The van der Waals surface area contributed by atoms with Crippen LogP contribution in [0, 0.1) is 6.92 Å². The van der Waals surface area contributed by atoms with Gasteiger partial charge in [0.1, 0.15) is 5.75 Å². The SMILES string of the molecule is CCNC(=NCc1cccs1)NCCc1ccc(C)c(OC)c1.I. The lowest BCUT2D eigenvalue weighted by atomic mass is 10.1. The molecule has 0 spiro atoms. The van der Waals surface area contributed by atoms with Crippen molar-refractivity contribution in [3.63, 3.8) is 0 Å². The lowest BCUT2D eigenvalue weighted by molar-refractivity contribution is 0.411. The van der Waals surface area contributed by atoms with Crippen LogP contribution in [0.3, 0.4) is 0 Å². The van der Waals surface area contributed by atoms with Crippen molar-refractivity contribution in [2.45, 2.75) is 26.8 Å². The molecule has 2 N–H and O–H groups in total. The smallest absolute Gasteiger partial charge is 0.191 e. The van der Waals surface area contributed by atoms with Crippen molar-refractivity contribution in [2.24, 2.45) is 4.99 Å². The first kappa shape index (κ1) is 20.8. The molecule has 0 aliphatic heterocycles. The van der Waals surface area contributed by atoms with E-state index in [9.17, 15) is 0 Å². The molecule has 0 aliphatic rings. The van der Waals surface area contributed by atoms with Gasteiger partial charge in [-0.15, -0.1) is 35.3 Å². The highest BCUT2D eigenvalue weighted by Gasteiger charge is 2.02. The number of methoxy groups -OCH3 is 1. The Labute approximate surface area is 165 Å². The first-order chi connectivity index (χ1) is 11.2. The summed E-state index contributed by atoms with van der Waals surface area (Å²) >= 11 is 1.73. The van der Waals surface area contributed by atoms with Crippen molar-refractivity contribution in [3.8, 4) is 5.75 Å². The average Bonchev–Trinajstić information content (AvgIpc) is 3.07. The lowest BCUT2D eigenvalue weighted by Crippen LogP contribution is -2.38. The fourth-order valence-corrected chi connectivity index (χ4v) is 2.87. The monoisotopic (exact) mass is 459 g/mol. The zero-order chi connectivity index (χ0) is 16.5. The number of hydrogen-bond acceptors (Lipinski definition) is 3. The predicted octanol–water partition coefficient (Wildman–Crippen LogP) is 3.98. The van der Waals surface area contributed by atoms with E-state index in [-0.39, 0.29) is 24.0 Å². The Balaban J connectivity index is 0.00000288. The Morgan fingerprint density at radius 2 is 2.08 bits per heavy atom. The third-order valence-electron chi connectivity index (χ3n) is 3.50. The molecule has 6 heteroatoms. The van der Waals surface area contributed by atoms with Gasteiger partial charge in [0.2, 0.25) is 0 Å². The third-order valence-corrected chi connectivity index (χ3v) is 4.36. The van der Waals surface area contributed by atoms with Gasteiger partial charge in [-0.1, -0.05) is 18.2 Å². The maximum absolute atomic E-state index is 5.38. The number of rotatable bonds is 7. The Morgan fingerprint density at radius 3 is 2.75 bits per heavy atom. The molecule has 0 aliphatic carbocycles. The van der Waals surface area contributed by atoms with Crippen molar-refractivity contribution in [1.29, 1.82) is 0 Å². The zero-order valence-corrected chi connectivity index (χ0v) is 17.6. The number of aryl methyl sites for hydroxylation is 1. The molecule has 0 saturated heterocycles. The summed E-state index contributed by atoms with van der Waals surface area (Å²) in [6.07, 6.45) is 0.931. The van der Waals surface area contributed by atoms with E-state index in [4.69, 9.17) is 4.74 Å². The Hall–Kier alpha value is -1.28. The Morgan fingerprint density at radius 1 is 1.25 bits per heavy atom. The molecule has 2 rings (SSSR count). The zero-order valence-electron chi connectivity index (χ0n) is 14.5. The van der Waals surface area contributed by atoms with Crippen LogP contribution in [-0.4, -0.2) is 26.2 Å². The van der Waals surface area contributed by atoms with Crippen LogP contribution in [0.15, 0.2) is 40.7 Å². The number of nitrogens with zero attached hydrogens (tertiary/aromatic N) is 1. The normalized spacial score (nSPS) is 10.9. The van der Waals surface area contributed by atoms with Gasteiger partial charge in [-0.2, -0.15) is 0 Å². The minimum absolute atomic E-state index is 0. The summed E-state index contributed by atoms with van der Waals surface area (Å²) in [4.78, 5) is 5.88. The standard InChI is InChI=1S/C18H25N3OS.HI/c1-4-19-18(21-13-16-6-5-11-23-16)20-10-9-15-8-7-14(2)17(12-15)22-3;/h5-8,11-12H,4,9-10,13H2,1-3H3,(H2,19,20,21);1H. The summed E-state index contributed by atoms with van der Waals surface area (Å²) in [5, 5.41) is 8.75. The van der Waals surface area contributed by atoms with Crippen LogP contribution in [0.4, 0.5) is 0 Å². The first-order valence-electron chi connectivity index (χ1n) is 7.91. The second-order valence-corrected chi connectivity index (χ2v) is 6.29. The predicted molar refractivity (Wildman–Crippen MR) is 114 cm³/mol. The van der Waals surface area contributed by atoms with E-state index < -0.39 is 0 Å². The van der Waals surface area contributed by atoms with Crippen molar-refractivity contribution in [2.75, 3.05) is 20.2 Å². The summed E-state index contributed by atoms with van der Waals surface area (Å²) in [6, 6.07) is 10.5. The molecule has 1 aromatic carbocycles. The molecule has 0 saturated carbocycles. The van der Waals surface area contributed by atoms with Crippen LogP contribution in [0.2, 0.25) is 0 Å². The molecular weight excluding hydrogens is 433 g/mol. The fraction of sp³-hybridized carbons (Fsp3) is 0.389. The molecule has 0 fully saturated rings. The molecule has 132 valence electrons. The highest BCUT2D eigenvalue weighted by molar-refractivity contribution is 14.0. The average molecular weight is 459 g/mol. The quantitative estimate of drug-likeness (QED) is 0.374. The maximum atomic E-state index is 5.38. The van der Waals surface area contributed by atoms with E-state index >= 15 is 0 Å². The molecule has 2 aromatic rings. The van der Waals surface area contributed by atoms with Crippen LogP contribution in [0.5, 0.6) is 5.75 Å². The largest absolute Gasteiger partial charge is 0.496 e. The molecule has 1 aromatic heterocycles. The molecular formula is C18H26IN3OS. The van der Waals surface area contributed by atoms with Crippen LogP contribution >= 0.6 is 35.3 Å². The van der Waals surface area contributed by atoms with Crippen molar-refractivity contribution in [1.82, 2.24) is 10.6 Å². The summed E-state index contributed by atoms with van der Waals surface area (Å²) in [6.45, 7) is 6.54. The number of guanidine groups is 1. The summed E-state index contributed by atoms with van der Waals surface area (Å²) in [5.74, 6) is 1.81. The number of ether oxygens (including phenoxy) is 1. The van der Waals surface area contributed by atoms with Crippen molar-refractivity contribution in [3.05, 3.63) is 51.7 Å². The second-order valence-electron chi connectivity index (χ2n) is 5.26. The van der Waals surface area contributed by atoms with Gasteiger partial charge in [-0.05, 0) is 48.9 Å². The van der Waals surface area contributed by atoms with Crippen LogP contribution in [0.1, 0.15) is 22.9 Å². The van der Waals surface area contributed by atoms with E-state index in [2.05, 4.69) is 65.2 Å². The number of nitrogens with one attached hydrogen (secondary N) is 2. The lowest BCUT2D eigenvalue weighted by Gasteiger charge is -2.12. The number of benzene rings is 1. The fourth-order valence-electron chi connectivity index (χ4n) is 2.25. The van der Waals surface area contributed by atoms with Gasteiger partial charge < -0.3 is 15.4 Å². The highest BCUT2D eigenvalue weighted by atomic mass is 127. The number of halogens is 1. The van der Waals surface area contributed by atoms with E-state index in [1.165, 1.54) is 10.4 Å². The van der Waals surface area contributed by atoms with E-state index in [0.29, 0.717) is 6.54 Å². The summed E-state index contributed by atoms with van der Waals surface area (Å²) in [7, 11) is 1.71. The van der Waals surface area contributed by atoms with Gasteiger partial charge in [-0.3, -0.25) is 0 Å². The van der Waals surface area contributed by atoms with Gasteiger partial charge in [0.25, 0.3) is 0 Å². The minimum atomic E-state index is 0. The van der Waals surface area contributed by atoms with Gasteiger partial charge in [0.15, 0.2) is 5.96 Å². The van der Waals surface area contributed by atoms with Gasteiger partial charge in [-0.25, -0.2) is 4.99 Å². The van der Waals surface area contributed by atoms with E-state index in [0.717, 1.165) is 36.8 Å². The number of hydrogen-bond donors (Lipinski definition) is 2. The number of aliphatic imine (C=N–C) groups is 1. The third kappa shape index (κ3) is 6.68. The Bertz CT molecular complexity index is 629. The van der Waals surface area contributed by atoms with Gasteiger partial charge >= 0.3 is 0 Å². The molecule has 0 unspecified atom stereocenters. The van der Waals surface area contributed by atoms with Crippen molar-refractivity contribution >= 4 is 41.3 Å². The molecule has 4 nitrogen and oxygen atoms in total. The van der Waals surface area contributed by atoms with E-state index in [1.54, 1.807) is 18.4 Å². The highest BCUT2D eigenvalue weighted by Crippen LogP contribution is 2.19. The topological polar surface area (TPSA) is 45.7 Å². The molecule has 24 heavy (non-hydrogen) atoms. The first-order valence-corrected chi connectivity index (χ1v) is 8.79. The van der Waals surface area contributed by atoms with Crippen LogP contribution < -0.4 is 15.4 Å². The van der Waals surface area contributed by atoms with Gasteiger partial charge in [0, 0.05) is 18.0 Å². The molecule has 0 bridgehead atoms. The Kier molecular flexibility index (Phi) is 9.78. The van der Waals surface area contributed by atoms with Crippen LogP contribution in [0.25, 0.3) is 0 Å². The number of thiophene rings is 1. The summed E-state index contributed by atoms with van der Waals surface area (Å²) in [5.41, 5.74) is 2.42. The molecule has 0 atom stereocenters. The molecule has 0 radical (unpaired) electrons. The maximum Gasteiger partial charge on any atom is 0.191 e. The minimum Gasteiger partial charge on any atom is -0.496 e. The van der Waals surface area contributed by atoms with Crippen molar-refractivity contribution < 1.29 is 4.74 Å². The van der Waals surface area contributed by atoms with Crippen LogP contribution in [-0.2, 0) is 13.0 Å². The van der Waals surface area contributed by atoms with Gasteiger partial charge in [0.05, 0.1) is 13.7 Å².